The number of nitrogens with zero attached hydrogens (tertiary/aromatic N) is 1. The lowest BCUT2D eigenvalue weighted by atomic mass is 10.2. The summed E-state index contributed by atoms with van der Waals surface area (Å²) in [5.74, 6) is -1.79. The number of thiophene rings is 1. The van der Waals surface area contributed by atoms with Crippen molar-refractivity contribution in [2.24, 2.45) is 0 Å². The van der Waals surface area contributed by atoms with Crippen LogP contribution < -0.4 is 10.6 Å². The largest absolute Gasteiger partial charge is 0.319 e. The van der Waals surface area contributed by atoms with Gasteiger partial charge in [-0.2, -0.15) is 5.10 Å². The normalized spacial score (nSPS) is 10.8. The molecular formula is C19H12F2N4O2S. The lowest BCUT2D eigenvalue weighted by Crippen LogP contribution is -2.13. The molecule has 2 aromatic carbocycles. The molecule has 0 spiro atoms. The number of aromatic amines is 1. The molecule has 2 heterocycles. The number of fused-ring (bicyclic) bond motifs is 1. The van der Waals surface area contributed by atoms with Crippen LogP contribution in [0.5, 0.6) is 0 Å². The predicted octanol–water partition coefficient (Wildman–Crippen LogP) is 4.41. The number of halogens is 2. The van der Waals surface area contributed by atoms with Crippen molar-refractivity contribution in [1.29, 1.82) is 0 Å². The van der Waals surface area contributed by atoms with E-state index in [0.717, 1.165) is 17.4 Å². The lowest BCUT2D eigenvalue weighted by molar-refractivity contribution is 0.102. The van der Waals surface area contributed by atoms with E-state index in [1.54, 1.807) is 12.1 Å². The molecule has 0 atom stereocenters. The van der Waals surface area contributed by atoms with Gasteiger partial charge in [-0.3, -0.25) is 14.7 Å². The molecule has 4 rings (SSSR count). The van der Waals surface area contributed by atoms with Gasteiger partial charge in [0, 0.05) is 5.56 Å². The molecule has 2 aromatic heterocycles. The van der Waals surface area contributed by atoms with Crippen LogP contribution in [-0.4, -0.2) is 22.0 Å². The summed E-state index contributed by atoms with van der Waals surface area (Å²) in [6, 6.07) is 12.6. The number of para-hydroxylation sites is 1. The topological polar surface area (TPSA) is 86.9 Å². The minimum Gasteiger partial charge on any atom is -0.319 e. The molecule has 140 valence electrons. The minimum atomic E-state index is -0.541. The van der Waals surface area contributed by atoms with Crippen molar-refractivity contribution in [3.05, 3.63) is 76.7 Å². The third-order valence-electron chi connectivity index (χ3n) is 3.92. The molecule has 0 unspecified atom stereocenters. The highest BCUT2D eigenvalue weighted by atomic mass is 32.1. The van der Waals surface area contributed by atoms with Gasteiger partial charge in [0.1, 0.15) is 22.3 Å². The molecule has 0 bridgehead atoms. The molecule has 2 amide bonds. The summed E-state index contributed by atoms with van der Waals surface area (Å²) in [6.45, 7) is 0. The first-order valence-corrected chi connectivity index (χ1v) is 8.93. The maximum Gasteiger partial charge on any atom is 0.265 e. The highest BCUT2D eigenvalue weighted by molar-refractivity contribution is 7.20. The Hall–Kier alpha value is -3.59. The van der Waals surface area contributed by atoms with E-state index in [-0.39, 0.29) is 17.1 Å². The third kappa shape index (κ3) is 3.47. The summed E-state index contributed by atoms with van der Waals surface area (Å²) >= 11 is 1.09. The number of nitrogens with one attached hydrogen (secondary N) is 3. The van der Waals surface area contributed by atoms with Crippen molar-refractivity contribution in [1.82, 2.24) is 10.2 Å². The molecular weight excluding hydrogens is 386 g/mol. The number of carbonyl (C=O) groups is 2. The zero-order valence-electron chi connectivity index (χ0n) is 14.1. The molecule has 3 N–H and O–H groups in total. The summed E-state index contributed by atoms with van der Waals surface area (Å²) in [7, 11) is 0. The molecule has 0 aliphatic carbocycles. The maximum atomic E-state index is 13.7. The van der Waals surface area contributed by atoms with Crippen molar-refractivity contribution >= 4 is 44.9 Å². The Kier molecular flexibility index (Phi) is 4.58. The molecule has 28 heavy (non-hydrogen) atoms. The fourth-order valence-corrected chi connectivity index (χ4v) is 3.47. The number of carbonyl (C=O) groups excluding carboxylic acids is 2. The van der Waals surface area contributed by atoms with E-state index >= 15 is 0 Å². The third-order valence-corrected chi connectivity index (χ3v) is 4.95. The number of anilines is 2. The average Bonchev–Trinajstić information content (AvgIpc) is 3.25. The quantitative estimate of drug-likeness (QED) is 0.476. The van der Waals surface area contributed by atoms with E-state index in [1.807, 2.05) is 0 Å². The molecule has 0 saturated carbocycles. The maximum absolute atomic E-state index is 13.7. The van der Waals surface area contributed by atoms with Crippen LogP contribution in [0.3, 0.4) is 0 Å². The van der Waals surface area contributed by atoms with E-state index in [0.29, 0.717) is 15.1 Å². The van der Waals surface area contributed by atoms with Gasteiger partial charge in [-0.15, -0.1) is 11.3 Å². The van der Waals surface area contributed by atoms with E-state index < -0.39 is 23.4 Å². The smallest absolute Gasteiger partial charge is 0.265 e. The zero-order chi connectivity index (χ0) is 19.7. The number of rotatable bonds is 4. The van der Waals surface area contributed by atoms with Gasteiger partial charge in [0.05, 0.1) is 16.0 Å². The molecule has 0 aliphatic rings. The van der Waals surface area contributed by atoms with Gasteiger partial charge in [0.2, 0.25) is 0 Å². The van der Waals surface area contributed by atoms with E-state index in [1.165, 1.54) is 36.4 Å². The first-order chi connectivity index (χ1) is 13.5. The van der Waals surface area contributed by atoms with Crippen LogP contribution in [0.2, 0.25) is 0 Å². The molecule has 0 fully saturated rings. The Morgan fingerprint density at radius 3 is 2.57 bits per heavy atom. The van der Waals surface area contributed by atoms with Crippen LogP contribution in [-0.2, 0) is 0 Å². The molecule has 6 nitrogen and oxygen atoms in total. The van der Waals surface area contributed by atoms with E-state index in [4.69, 9.17) is 0 Å². The summed E-state index contributed by atoms with van der Waals surface area (Å²) in [4.78, 5) is 25.5. The number of hydrogen-bond donors (Lipinski definition) is 3. The first kappa shape index (κ1) is 17.8. The van der Waals surface area contributed by atoms with Crippen LogP contribution in [0.15, 0.2) is 54.6 Å². The standard InChI is InChI=1S/C19H12F2N4O2S/c20-11-5-3-4-10(8-11)17(26)23-16-12-9-15(28-19(12)25-24-16)18(27)22-14-7-2-1-6-13(14)21/h1-9H,(H,22,27)(H2,23,24,25,26). The molecule has 0 aliphatic heterocycles. The Morgan fingerprint density at radius 2 is 1.79 bits per heavy atom. The van der Waals surface area contributed by atoms with Crippen LogP contribution >= 0.6 is 11.3 Å². The number of aromatic nitrogens is 2. The monoisotopic (exact) mass is 398 g/mol. The van der Waals surface area contributed by atoms with Crippen molar-refractivity contribution in [2.75, 3.05) is 10.6 Å². The van der Waals surface area contributed by atoms with Gasteiger partial charge >= 0.3 is 0 Å². The Bertz CT molecular complexity index is 1200. The second-order valence-corrected chi connectivity index (χ2v) is 6.86. The minimum absolute atomic E-state index is 0.0692. The highest BCUT2D eigenvalue weighted by Gasteiger charge is 2.18. The molecule has 0 saturated heterocycles. The van der Waals surface area contributed by atoms with Crippen LogP contribution in [0.1, 0.15) is 20.0 Å². The Labute approximate surface area is 161 Å². The van der Waals surface area contributed by atoms with Crippen molar-refractivity contribution in [2.45, 2.75) is 0 Å². The zero-order valence-corrected chi connectivity index (χ0v) is 14.9. The number of hydrogen-bond acceptors (Lipinski definition) is 4. The van der Waals surface area contributed by atoms with Crippen LogP contribution in [0.4, 0.5) is 20.3 Å². The second-order valence-electron chi connectivity index (χ2n) is 5.83. The van der Waals surface area contributed by atoms with Gasteiger partial charge < -0.3 is 10.6 Å². The van der Waals surface area contributed by atoms with Crippen molar-refractivity contribution in [3.63, 3.8) is 0 Å². The SMILES string of the molecule is O=C(Nc1[nH]nc2sc(C(=O)Nc3ccccc3F)cc12)c1cccc(F)c1. The number of amides is 2. The summed E-state index contributed by atoms with van der Waals surface area (Å²) in [5, 5.41) is 12.4. The van der Waals surface area contributed by atoms with Gasteiger partial charge in [0.15, 0.2) is 0 Å². The van der Waals surface area contributed by atoms with Crippen molar-refractivity contribution < 1.29 is 18.4 Å². The Balaban J connectivity index is 1.56. The first-order valence-electron chi connectivity index (χ1n) is 8.12. The summed E-state index contributed by atoms with van der Waals surface area (Å²) < 4.78 is 27.0. The lowest BCUT2D eigenvalue weighted by Gasteiger charge is -2.04. The fraction of sp³-hybridized carbons (Fsp3) is 0. The molecule has 4 aromatic rings. The predicted molar refractivity (Wildman–Crippen MR) is 103 cm³/mol. The van der Waals surface area contributed by atoms with Gasteiger partial charge in [-0.1, -0.05) is 18.2 Å². The average molecular weight is 398 g/mol. The van der Waals surface area contributed by atoms with Gasteiger partial charge in [0.25, 0.3) is 11.8 Å². The van der Waals surface area contributed by atoms with Crippen LogP contribution in [0.25, 0.3) is 10.2 Å². The highest BCUT2D eigenvalue weighted by Crippen LogP contribution is 2.30. The number of benzene rings is 2. The molecule has 9 heteroatoms. The second kappa shape index (κ2) is 7.20. The van der Waals surface area contributed by atoms with E-state index in [9.17, 15) is 18.4 Å². The van der Waals surface area contributed by atoms with E-state index in [2.05, 4.69) is 20.8 Å². The fourth-order valence-electron chi connectivity index (χ4n) is 2.58. The summed E-state index contributed by atoms with van der Waals surface area (Å²) in [5.41, 5.74) is 0.218. The Morgan fingerprint density at radius 1 is 0.964 bits per heavy atom. The number of H-pyrrole nitrogens is 1. The van der Waals surface area contributed by atoms with Gasteiger partial charge in [-0.25, -0.2) is 8.78 Å². The van der Waals surface area contributed by atoms with Gasteiger partial charge in [-0.05, 0) is 36.4 Å². The summed E-state index contributed by atoms with van der Waals surface area (Å²) in [6.07, 6.45) is 0. The molecule has 0 radical (unpaired) electrons. The van der Waals surface area contributed by atoms with Crippen LogP contribution in [0, 0.1) is 11.6 Å². The van der Waals surface area contributed by atoms with Crippen molar-refractivity contribution in [3.8, 4) is 0 Å².